The molecule has 1 N–H and O–H groups in total. The fourth-order valence-electron chi connectivity index (χ4n) is 2.84. The number of rotatable bonds is 6. The maximum Gasteiger partial charge on any atom is 0.410 e. The minimum absolute atomic E-state index is 0.0301. The standard InChI is InChI=1S/C20H27F2N3O6/c1-20(2,3)31-19(28)25-9-7-24(8-10-25)16(26)12-23-17(27)13-5-6-14(30-18(21)22)15(11-13)29-4/h5-6,11,18H,7-10,12H2,1-4H3,(H,23,27). The maximum absolute atomic E-state index is 12.4. The Hall–Kier alpha value is -3.11. The first-order chi connectivity index (χ1) is 14.5. The Kier molecular flexibility index (Phi) is 8.01. The SMILES string of the molecule is COc1cc(C(=O)NCC(=O)N2CCN(C(=O)OC(C)(C)C)CC2)ccc1OC(F)F. The Morgan fingerprint density at radius 1 is 1.06 bits per heavy atom. The third-order valence-electron chi connectivity index (χ3n) is 4.33. The van der Waals surface area contributed by atoms with Gasteiger partial charge in [-0.05, 0) is 39.0 Å². The van der Waals surface area contributed by atoms with Crippen molar-refractivity contribution in [2.24, 2.45) is 0 Å². The highest BCUT2D eigenvalue weighted by Gasteiger charge is 2.27. The van der Waals surface area contributed by atoms with Crippen LogP contribution < -0.4 is 14.8 Å². The van der Waals surface area contributed by atoms with Crippen LogP contribution in [0.1, 0.15) is 31.1 Å². The van der Waals surface area contributed by atoms with Gasteiger partial charge in [-0.1, -0.05) is 0 Å². The molecule has 172 valence electrons. The van der Waals surface area contributed by atoms with E-state index in [1.54, 1.807) is 25.7 Å². The van der Waals surface area contributed by atoms with Crippen LogP contribution in [-0.4, -0.2) is 79.8 Å². The van der Waals surface area contributed by atoms with Crippen molar-refractivity contribution in [2.45, 2.75) is 33.0 Å². The summed E-state index contributed by atoms with van der Waals surface area (Å²) >= 11 is 0. The molecule has 0 spiro atoms. The molecular weight excluding hydrogens is 416 g/mol. The van der Waals surface area contributed by atoms with E-state index in [4.69, 9.17) is 9.47 Å². The van der Waals surface area contributed by atoms with Gasteiger partial charge in [-0.15, -0.1) is 0 Å². The van der Waals surface area contributed by atoms with E-state index < -0.39 is 24.2 Å². The van der Waals surface area contributed by atoms with Crippen molar-refractivity contribution in [3.05, 3.63) is 23.8 Å². The maximum atomic E-state index is 12.4. The van der Waals surface area contributed by atoms with Crippen LogP contribution in [0.5, 0.6) is 11.5 Å². The number of carbonyl (C=O) groups is 3. The second-order valence-electron chi connectivity index (χ2n) is 7.77. The highest BCUT2D eigenvalue weighted by Crippen LogP contribution is 2.29. The van der Waals surface area contributed by atoms with Gasteiger partial charge in [0.1, 0.15) is 5.60 Å². The number of alkyl halides is 2. The molecule has 1 fully saturated rings. The number of hydrogen-bond donors (Lipinski definition) is 1. The molecule has 0 unspecified atom stereocenters. The molecule has 11 heteroatoms. The summed E-state index contributed by atoms with van der Waals surface area (Å²) in [6, 6.07) is 3.73. The number of benzene rings is 1. The van der Waals surface area contributed by atoms with E-state index in [0.717, 1.165) is 0 Å². The minimum atomic E-state index is -3.03. The molecule has 2 rings (SSSR count). The number of carbonyl (C=O) groups excluding carboxylic acids is 3. The summed E-state index contributed by atoms with van der Waals surface area (Å²) < 4.78 is 39.4. The van der Waals surface area contributed by atoms with Gasteiger partial charge in [-0.3, -0.25) is 9.59 Å². The highest BCUT2D eigenvalue weighted by atomic mass is 19.3. The Morgan fingerprint density at radius 2 is 1.68 bits per heavy atom. The first-order valence-electron chi connectivity index (χ1n) is 9.67. The van der Waals surface area contributed by atoms with Gasteiger partial charge in [0.25, 0.3) is 5.91 Å². The molecule has 3 amide bonds. The van der Waals surface area contributed by atoms with Crippen LogP contribution in [0.3, 0.4) is 0 Å². The summed E-state index contributed by atoms with van der Waals surface area (Å²) in [5, 5.41) is 2.49. The van der Waals surface area contributed by atoms with Crippen molar-refractivity contribution in [1.82, 2.24) is 15.1 Å². The first kappa shape index (κ1) is 24.2. The van der Waals surface area contributed by atoms with Crippen LogP contribution in [0.2, 0.25) is 0 Å². The first-order valence-corrected chi connectivity index (χ1v) is 9.67. The molecule has 9 nitrogen and oxygen atoms in total. The Labute approximate surface area is 179 Å². The molecule has 1 saturated heterocycles. The third kappa shape index (κ3) is 7.26. The van der Waals surface area contributed by atoms with E-state index in [1.165, 1.54) is 30.2 Å². The monoisotopic (exact) mass is 443 g/mol. The largest absolute Gasteiger partial charge is 0.493 e. The number of nitrogens with zero attached hydrogens (tertiary/aromatic N) is 2. The van der Waals surface area contributed by atoms with Gasteiger partial charge in [-0.2, -0.15) is 8.78 Å². The van der Waals surface area contributed by atoms with Crippen LogP contribution in [-0.2, 0) is 9.53 Å². The molecule has 1 aromatic carbocycles. The lowest BCUT2D eigenvalue weighted by molar-refractivity contribution is -0.131. The molecule has 0 aliphatic carbocycles. The van der Waals surface area contributed by atoms with E-state index in [-0.39, 0.29) is 29.5 Å². The topological polar surface area (TPSA) is 97.4 Å². The van der Waals surface area contributed by atoms with Crippen LogP contribution >= 0.6 is 0 Å². The molecule has 1 aliphatic heterocycles. The van der Waals surface area contributed by atoms with E-state index in [9.17, 15) is 23.2 Å². The molecule has 1 heterocycles. The molecule has 1 aromatic rings. The Balaban J connectivity index is 1.85. The molecule has 0 aromatic heterocycles. The third-order valence-corrected chi connectivity index (χ3v) is 4.33. The summed E-state index contributed by atoms with van der Waals surface area (Å²) in [6.45, 7) is 3.37. The van der Waals surface area contributed by atoms with Crippen molar-refractivity contribution in [2.75, 3.05) is 39.8 Å². The number of piperazine rings is 1. The van der Waals surface area contributed by atoms with Gasteiger partial charge in [0, 0.05) is 31.7 Å². The molecule has 0 saturated carbocycles. The second-order valence-corrected chi connectivity index (χ2v) is 7.77. The molecule has 0 atom stereocenters. The van der Waals surface area contributed by atoms with E-state index >= 15 is 0 Å². The number of ether oxygens (including phenoxy) is 3. The average Bonchev–Trinajstić information content (AvgIpc) is 2.70. The molecule has 0 bridgehead atoms. The van der Waals surface area contributed by atoms with Gasteiger partial charge in [0.05, 0.1) is 13.7 Å². The predicted molar refractivity (Wildman–Crippen MR) is 106 cm³/mol. The number of nitrogens with one attached hydrogen (secondary N) is 1. The molecule has 1 aliphatic rings. The minimum Gasteiger partial charge on any atom is -0.493 e. The summed E-state index contributed by atoms with van der Waals surface area (Å²) in [5.74, 6) is -1.10. The van der Waals surface area contributed by atoms with E-state index in [0.29, 0.717) is 26.2 Å². The Morgan fingerprint density at radius 3 is 2.23 bits per heavy atom. The lowest BCUT2D eigenvalue weighted by Gasteiger charge is -2.35. The number of halogens is 2. The van der Waals surface area contributed by atoms with Gasteiger partial charge in [-0.25, -0.2) is 4.79 Å². The van der Waals surface area contributed by atoms with Gasteiger partial charge >= 0.3 is 12.7 Å². The lowest BCUT2D eigenvalue weighted by atomic mass is 10.2. The summed E-state index contributed by atoms with van der Waals surface area (Å²) in [5.41, 5.74) is -0.471. The Bertz CT molecular complexity index is 805. The van der Waals surface area contributed by atoms with Crippen molar-refractivity contribution in [3.63, 3.8) is 0 Å². The zero-order chi connectivity index (χ0) is 23.2. The van der Waals surface area contributed by atoms with Crippen molar-refractivity contribution >= 4 is 17.9 Å². The van der Waals surface area contributed by atoms with Gasteiger partial charge < -0.3 is 29.3 Å². The fourth-order valence-corrected chi connectivity index (χ4v) is 2.84. The van der Waals surface area contributed by atoms with E-state index in [1.807, 2.05) is 0 Å². The molecule has 0 radical (unpaired) electrons. The fraction of sp³-hybridized carbons (Fsp3) is 0.550. The van der Waals surface area contributed by atoms with Gasteiger partial charge in [0.15, 0.2) is 11.5 Å². The number of amides is 3. The zero-order valence-corrected chi connectivity index (χ0v) is 17.9. The van der Waals surface area contributed by atoms with Crippen LogP contribution in [0.15, 0.2) is 18.2 Å². The predicted octanol–water partition coefficient (Wildman–Crippen LogP) is 2.11. The quantitative estimate of drug-likeness (QED) is 0.723. The zero-order valence-electron chi connectivity index (χ0n) is 17.9. The molecular formula is C20H27F2N3O6. The van der Waals surface area contributed by atoms with Crippen molar-refractivity contribution in [3.8, 4) is 11.5 Å². The van der Waals surface area contributed by atoms with Crippen molar-refractivity contribution < 1.29 is 37.4 Å². The van der Waals surface area contributed by atoms with Crippen molar-refractivity contribution in [1.29, 1.82) is 0 Å². The number of hydrogen-bond acceptors (Lipinski definition) is 6. The van der Waals surface area contributed by atoms with E-state index in [2.05, 4.69) is 10.1 Å². The normalized spacial score (nSPS) is 14.3. The number of methoxy groups -OCH3 is 1. The molecule has 31 heavy (non-hydrogen) atoms. The second kappa shape index (κ2) is 10.3. The van der Waals surface area contributed by atoms with Gasteiger partial charge in [0.2, 0.25) is 5.91 Å². The lowest BCUT2D eigenvalue weighted by Crippen LogP contribution is -2.53. The van der Waals surface area contributed by atoms with Crippen LogP contribution in [0.25, 0.3) is 0 Å². The average molecular weight is 443 g/mol. The summed E-state index contributed by atoms with van der Waals surface area (Å²) in [6.07, 6.45) is -0.430. The smallest absolute Gasteiger partial charge is 0.410 e. The summed E-state index contributed by atoms with van der Waals surface area (Å²) in [7, 11) is 1.26. The highest BCUT2D eigenvalue weighted by molar-refractivity contribution is 5.97. The summed E-state index contributed by atoms with van der Waals surface area (Å²) in [4.78, 5) is 39.9. The van der Waals surface area contributed by atoms with Crippen LogP contribution in [0, 0.1) is 0 Å². The van der Waals surface area contributed by atoms with Crippen LogP contribution in [0.4, 0.5) is 13.6 Å².